The molecule has 0 saturated heterocycles. The van der Waals surface area contributed by atoms with E-state index in [1.807, 2.05) is 18.2 Å². The molecule has 2 nitrogen and oxygen atoms in total. The Labute approximate surface area is 109 Å². The summed E-state index contributed by atoms with van der Waals surface area (Å²) in [5.41, 5.74) is 3.63. The van der Waals surface area contributed by atoms with Crippen molar-refractivity contribution in [2.75, 3.05) is 18.5 Å². The molecule has 1 N–H and O–H groups in total. The summed E-state index contributed by atoms with van der Waals surface area (Å²) in [5.74, 6) is 0.931. The van der Waals surface area contributed by atoms with E-state index in [1.54, 1.807) is 0 Å². The predicted octanol–water partition coefficient (Wildman–Crippen LogP) is 3.79. The van der Waals surface area contributed by atoms with Crippen LogP contribution in [0, 0.1) is 13.8 Å². The zero-order valence-electron chi connectivity index (χ0n) is 10.9. The van der Waals surface area contributed by atoms with E-state index in [0.29, 0.717) is 6.61 Å². The lowest BCUT2D eigenvalue weighted by Gasteiger charge is -2.09. The van der Waals surface area contributed by atoms with E-state index in [-0.39, 0.29) is 0 Å². The van der Waals surface area contributed by atoms with Gasteiger partial charge in [-0.1, -0.05) is 29.8 Å². The smallest absolute Gasteiger partial charge is 0.119 e. The number of hydrogen-bond donors (Lipinski definition) is 1. The zero-order chi connectivity index (χ0) is 12.8. The van der Waals surface area contributed by atoms with Gasteiger partial charge in [0.1, 0.15) is 12.4 Å². The first-order valence-corrected chi connectivity index (χ1v) is 6.24. The van der Waals surface area contributed by atoms with Gasteiger partial charge in [0.25, 0.3) is 0 Å². The fourth-order valence-corrected chi connectivity index (χ4v) is 1.74. The van der Waals surface area contributed by atoms with Gasteiger partial charge in [-0.15, -0.1) is 0 Å². The Hall–Kier alpha value is -1.96. The van der Waals surface area contributed by atoms with Crippen LogP contribution in [0.3, 0.4) is 0 Å². The summed E-state index contributed by atoms with van der Waals surface area (Å²) in [6.45, 7) is 5.62. The van der Waals surface area contributed by atoms with Crippen LogP contribution >= 0.6 is 0 Å². The predicted molar refractivity (Wildman–Crippen MR) is 76.3 cm³/mol. The topological polar surface area (TPSA) is 21.3 Å². The van der Waals surface area contributed by atoms with Gasteiger partial charge in [0.2, 0.25) is 0 Å². The molecule has 0 amide bonds. The van der Waals surface area contributed by atoms with E-state index in [2.05, 4.69) is 49.5 Å². The molecule has 0 saturated carbocycles. The van der Waals surface area contributed by atoms with Gasteiger partial charge in [-0.2, -0.15) is 0 Å². The van der Waals surface area contributed by atoms with Crippen molar-refractivity contribution >= 4 is 5.69 Å². The van der Waals surface area contributed by atoms with Crippen LogP contribution < -0.4 is 10.1 Å². The molecule has 2 aromatic carbocycles. The zero-order valence-corrected chi connectivity index (χ0v) is 10.9. The summed E-state index contributed by atoms with van der Waals surface area (Å²) in [6.07, 6.45) is 0. The normalized spacial score (nSPS) is 10.1. The van der Waals surface area contributed by atoms with Crippen molar-refractivity contribution in [3.63, 3.8) is 0 Å². The SMILES string of the molecule is Cc1ccc(NCCOc2cccc(C)c2)cc1. The second-order valence-corrected chi connectivity index (χ2v) is 4.46. The van der Waals surface area contributed by atoms with Crippen molar-refractivity contribution in [2.24, 2.45) is 0 Å². The summed E-state index contributed by atoms with van der Waals surface area (Å²) < 4.78 is 5.67. The molecule has 18 heavy (non-hydrogen) atoms. The van der Waals surface area contributed by atoms with Gasteiger partial charge in [-0.25, -0.2) is 0 Å². The molecule has 0 spiro atoms. The van der Waals surface area contributed by atoms with Crippen LogP contribution in [0.1, 0.15) is 11.1 Å². The van der Waals surface area contributed by atoms with Gasteiger partial charge >= 0.3 is 0 Å². The quantitative estimate of drug-likeness (QED) is 0.804. The van der Waals surface area contributed by atoms with Gasteiger partial charge in [-0.3, -0.25) is 0 Å². The molecule has 0 bridgehead atoms. The Bertz CT molecular complexity index is 491. The van der Waals surface area contributed by atoms with Gasteiger partial charge in [0.15, 0.2) is 0 Å². The molecule has 0 unspecified atom stereocenters. The lowest BCUT2D eigenvalue weighted by atomic mass is 10.2. The third-order valence-corrected chi connectivity index (χ3v) is 2.74. The third-order valence-electron chi connectivity index (χ3n) is 2.74. The van der Waals surface area contributed by atoms with Crippen LogP contribution in [-0.4, -0.2) is 13.2 Å². The molecule has 2 aromatic rings. The van der Waals surface area contributed by atoms with Crippen molar-refractivity contribution in [3.05, 3.63) is 59.7 Å². The summed E-state index contributed by atoms with van der Waals surface area (Å²) in [6, 6.07) is 16.5. The number of rotatable bonds is 5. The van der Waals surface area contributed by atoms with E-state index in [1.165, 1.54) is 11.1 Å². The molecular weight excluding hydrogens is 222 g/mol. The molecule has 94 valence electrons. The fraction of sp³-hybridized carbons (Fsp3) is 0.250. The van der Waals surface area contributed by atoms with E-state index >= 15 is 0 Å². The molecule has 0 aromatic heterocycles. The van der Waals surface area contributed by atoms with Crippen molar-refractivity contribution in [1.82, 2.24) is 0 Å². The van der Waals surface area contributed by atoms with Crippen LogP contribution in [0.2, 0.25) is 0 Å². The van der Waals surface area contributed by atoms with Crippen molar-refractivity contribution < 1.29 is 4.74 Å². The Morgan fingerprint density at radius 1 is 0.944 bits per heavy atom. The number of nitrogens with one attached hydrogen (secondary N) is 1. The van der Waals surface area contributed by atoms with Gasteiger partial charge < -0.3 is 10.1 Å². The maximum atomic E-state index is 5.67. The Balaban J connectivity index is 1.74. The number of hydrogen-bond acceptors (Lipinski definition) is 2. The molecule has 0 heterocycles. The van der Waals surface area contributed by atoms with Gasteiger partial charge in [-0.05, 0) is 43.7 Å². The van der Waals surface area contributed by atoms with Crippen LogP contribution in [0.4, 0.5) is 5.69 Å². The van der Waals surface area contributed by atoms with E-state index < -0.39 is 0 Å². The minimum Gasteiger partial charge on any atom is -0.492 e. The standard InChI is InChI=1S/C16H19NO/c1-13-6-8-15(9-7-13)17-10-11-18-16-5-3-4-14(2)12-16/h3-9,12,17H,10-11H2,1-2H3. The lowest BCUT2D eigenvalue weighted by molar-refractivity contribution is 0.332. The maximum absolute atomic E-state index is 5.67. The summed E-state index contributed by atoms with van der Waals surface area (Å²) in [7, 11) is 0. The highest BCUT2D eigenvalue weighted by molar-refractivity contribution is 5.44. The molecule has 0 radical (unpaired) electrons. The van der Waals surface area contributed by atoms with Crippen molar-refractivity contribution in [1.29, 1.82) is 0 Å². The first kappa shape index (κ1) is 12.5. The second kappa shape index (κ2) is 6.10. The Kier molecular flexibility index (Phi) is 4.24. The molecule has 2 rings (SSSR count). The Morgan fingerprint density at radius 3 is 2.44 bits per heavy atom. The van der Waals surface area contributed by atoms with E-state index in [9.17, 15) is 0 Å². The Morgan fingerprint density at radius 2 is 1.72 bits per heavy atom. The molecule has 0 aliphatic heterocycles. The average molecular weight is 241 g/mol. The number of ether oxygens (including phenoxy) is 1. The van der Waals surface area contributed by atoms with Crippen LogP contribution in [0.5, 0.6) is 5.75 Å². The van der Waals surface area contributed by atoms with Crippen LogP contribution in [-0.2, 0) is 0 Å². The van der Waals surface area contributed by atoms with Crippen LogP contribution in [0.15, 0.2) is 48.5 Å². The third kappa shape index (κ3) is 3.81. The van der Waals surface area contributed by atoms with E-state index in [0.717, 1.165) is 18.0 Å². The number of aryl methyl sites for hydroxylation is 2. The minimum atomic E-state index is 0.664. The van der Waals surface area contributed by atoms with Crippen molar-refractivity contribution in [2.45, 2.75) is 13.8 Å². The number of anilines is 1. The monoisotopic (exact) mass is 241 g/mol. The molecule has 0 atom stereocenters. The van der Waals surface area contributed by atoms with Crippen LogP contribution in [0.25, 0.3) is 0 Å². The molecular formula is C16H19NO. The lowest BCUT2D eigenvalue weighted by Crippen LogP contribution is -2.11. The highest BCUT2D eigenvalue weighted by Crippen LogP contribution is 2.12. The second-order valence-electron chi connectivity index (χ2n) is 4.46. The number of benzene rings is 2. The minimum absolute atomic E-state index is 0.664. The highest BCUT2D eigenvalue weighted by Gasteiger charge is 1.94. The summed E-state index contributed by atoms with van der Waals surface area (Å²) in [4.78, 5) is 0. The molecule has 0 aliphatic carbocycles. The largest absolute Gasteiger partial charge is 0.492 e. The maximum Gasteiger partial charge on any atom is 0.119 e. The fourth-order valence-electron chi connectivity index (χ4n) is 1.74. The first-order valence-electron chi connectivity index (χ1n) is 6.24. The van der Waals surface area contributed by atoms with Gasteiger partial charge in [0.05, 0.1) is 0 Å². The van der Waals surface area contributed by atoms with Gasteiger partial charge in [0, 0.05) is 12.2 Å². The van der Waals surface area contributed by atoms with E-state index in [4.69, 9.17) is 4.74 Å². The molecule has 0 aliphatic rings. The van der Waals surface area contributed by atoms with Crippen molar-refractivity contribution in [3.8, 4) is 5.75 Å². The average Bonchev–Trinajstić information content (AvgIpc) is 2.37. The summed E-state index contributed by atoms with van der Waals surface area (Å²) >= 11 is 0. The molecule has 0 fully saturated rings. The first-order chi connectivity index (χ1) is 8.74. The highest BCUT2D eigenvalue weighted by atomic mass is 16.5. The molecule has 2 heteroatoms. The summed E-state index contributed by atoms with van der Waals surface area (Å²) in [5, 5.41) is 3.33.